The van der Waals surface area contributed by atoms with Gasteiger partial charge >= 0.3 is 5.97 Å². The number of hydrogen-bond donors (Lipinski definition) is 2. The van der Waals surface area contributed by atoms with Crippen molar-refractivity contribution in [3.05, 3.63) is 70.4 Å². The minimum atomic E-state index is -0.969. The van der Waals surface area contributed by atoms with Crippen LogP contribution in [0.15, 0.2) is 36.4 Å². The summed E-state index contributed by atoms with van der Waals surface area (Å²) in [6.07, 6.45) is 0.817. The zero-order chi connectivity index (χ0) is 23.9. The molecule has 1 fully saturated rings. The van der Waals surface area contributed by atoms with Crippen LogP contribution < -0.4 is 5.32 Å². The van der Waals surface area contributed by atoms with Gasteiger partial charge in [-0.05, 0) is 55.5 Å². The topological polar surface area (TPSA) is 80.6 Å². The fraction of sp³-hybridized carbons (Fsp3) is 0.360. The number of ether oxygens (including phenoxy) is 1. The lowest BCUT2D eigenvalue weighted by Crippen LogP contribution is -2.41. The number of benzene rings is 2. The molecule has 4 rings (SSSR count). The standard InChI is InChI=1S/C25H26F2N2O4/c1-14-12-19-18(22(27)21(14)26)13-20(29(19)3)23(30)28-15(2)16-4-6-17(7-5-16)25(24(31)32)8-10-33-11-9-25/h4-7,12-13,15H,8-11H2,1-3H3,(H,28,30)(H,31,32)/t15-/m1/s1. The third-order valence-electron chi connectivity index (χ3n) is 6.71. The molecule has 1 atom stereocenters. The summed E-state index contributed by atoms with van der Waals surface area (Å²) in [5.74, 6) is -3.18. The Morgan fingerprint density at radius 2 is 1.76 bits per heavy atom. The maximum Gasteiger partial charge on any atom is 0.314 e. The number of aromatic nitrogens is 1. The number of rotatable bonds is 5. The maximum absolute atomic E-state index is 14.4. The second-order valence-electron chi connectivity index (χ2n) is 8.66. The molecule has 2 aromatic carbocycles. The molecule has 0 bridgehead atoms. The highest BCUT2D eigenvalue weighted by Gasteiger charge is 2.41. The van der Waals surface area contributed by atoms with E-state index in [0.29, 0.717) is 37.1 Å². The van der Waals surface area contributed by atoms with Crippen LogP contribution in [-0.4, -0.2) is 34.8 Å². The second-order valence-corrected chi connectivity index (χ2v) is 8.66. The van der Waals surface area contributed by atoms with Crippen LogP contribution in [0, 0.1) is 18.6 Å². The summed E-state index contributed by atoms with van der Waals surface area (Å²) in [7, 11) is 1.63. The molecule has 174 valence electrons. The Balaban J connectivity index is 1.56. The predicted molar refractivity (Wildman–Crippen MR) is 119 cm³/mol. The Labute approximate surface area is 190 Å². The highest BCUT2D eigenvalue weighted by atomic mass is 19.2. The molecule has 2 N–H and O–H groups in total. The minimum Gasteiger partial charge on any atom is -0.481 e. The molecular weight excluding hydrogens is 430 g/mol. The largest absolute Gasteiger partial charge is 0.481 e. The van der Waals surface area contributed by atoms with Crippen LogP contribution in [0.4, 0.5) is 8.78 Å². The number of carbonyl (C=O) groups excluding carboxylic acids is 1. The number of fused-ring (bicyclic) bond motifs is 1. The Hall–Kier alpha value is -3.26. The van der Waals surface area contributed by atoms with E-state index in [4.69, 9.17) is 4.74 Å². The van der Waals surface area contributed by atoms with Crippen molar-refractivity contribution in [2.45, 2.75) is 38.1 Å². The van der Waals surface area contributed by atoms with Gasteiger partial charge in [0.2, 0.25) is 0 Å². The van der Waals surface area contributed by atoms with Crippen molar-refractivity contribution in [1.29, 1.82) is 0 Å². The first-order valence-corrected chi connectivity index (χ1v) is 10.8. The summed E-state index contributed by atoms with van der Waals surface area (Å²) >= 11 is 0. The quantitative estimate of drug-likeness (QED) is 0.597. The van der Waals surface area contributed by atoms with Gasteiger partial charge in [-0.25, -0.2) is 8.78 Å². The fourth-order valence-corrected chi connectivity index (χ4v) is 4.54. The van der Waals surface area contributed by atoms with Crippen molar-refractivity contribution < 1.29 is 28.2 Å². The van der Waals surface area contributed by atoms with Gasteiger partial charge in [0.25, 0.3) is 5.91 Å². The van der Waals surface area contributed by atoms with Crippen LogP contribution in [0.25, 0.3) is 10.9 Å². The van der Waals surface area contributed by atoms with Crippen LogP contribution in [0.5, 0.6) is 0 Å². The smallest absolute Gasteiger partial charge is 0.314 e. The van der Waals surface area contributed by atoms with Gasteiger partial charge in [0, 0.05) is 25.6 Å². The van der Waals surface area contributed by atoms with Gasteiger partial charge in [-0.15, -0.1) is 0 Å². The van der Waals surface area contributed by atoms with Crippen LogP contribution in [0.1, 0.15) is 53.0 Å². The number of carbonyl (C=O) groups is 2. The number of aryl methyl sites for hydroxylation is 2. The van der Waals surface area contributed by atoms with E-state index in [1.807, 2.05) is 0 Å². The number of carboxylic acids is 1. The average Bonchev–Trinajstić information content (AvgIpc) is 3.14. The molecule has 2 heterocycles. The summed E-state index contributed by atoms with van der Waals surface area (Å²) in [6.45, 7) is 4.08. The molecule has 6 nitrogen and oxygen atoms in total. The Bertz CT molecular complexity index is 1230. The van der Waals surface area contributed by atoms with E-state index >= 15 is 0 Å². The molecule has 0 unspecified atom stereocenters. The third kappa shape index (κ3) is 3.88. The van der Waals surface area contributed by atoms with E-state index in [0.717, 1.165) is 5.56 Å². The SMILES string of the molecule is Cc1cc2c(cc(C(=O)N[C@H](C)c3ccc(C4(C(=O)O)CCOCC4)cc3)n2C)c(F)c1F. The number of carboxylic acid groups (broad SMARTS) is 1. The van der Waals surface area contributed by atoms with E-state index in [1.54, 1.807) is 38.2 Å². The lowest BCUT2D eigenvalue weighted by molar-refractivity contribution is -0.147. The number of aliphatic carboxylic acids is 1. The molecule has 8 heteroatoms. The lowest BCUT2D eigenvalue weighted by atomic mass is 9.74. The van der Waals surface area contributed by atoms with Crippen molar-refractivity contribution in [3.8, 4) is 0 Å². The summed E-state index contributed by atoms with van der Waals surface area (Å²) in [4.78, 5) is 24.9. The third-order valence-corrected chi connectivity index (χ3v) is 6.71. The van der Waals surface area contributed by atoms with Crippen LogP contribution in [-0.2, 0) is 22.0 Å². The molecular formula is C25H26F2N2O4. The van der Waals surface area contributed by atoms with E-state index in [2.05, 4.69) is 5.32 Å². The maximum atomic E-state index is 14.4. The van der Waals surface area contributed by atoms with Gasteiger partial charge in [0.05, 0.1) is 17.0 Å². The molecule has 0 spiro atoms. The fourth-order valence-electron chi connectivity index (χ4n) is 4.54. The minimum absolute atomic E-state index is 0.0539. The summed E-state index contributed by atoms with van der Waals surface area (Å²) in [5.41, 5.74) is 1.36. The predicted octanol–water partition coefficient (Wildman–Crippen LogP) is 4.39. The molecule has 0 aliphatic carbocycles. The highest BCUT2D eigenvalue weighted by Crippen LogP contribution is 2.36. The molecule has 0 radical (unpaired) electrons. The summed E-state index contributed by atoms with van der Waals surface area (Å²) in [6, 6.07) is 9.66. The van der Waals surface area contributed by atoms with Gasteiger partial charge in [0.1, 0.15) is 5.69 Å². The van der Waals surface area contributed by atoms with E-state index in [-0.39, 0.29) is 22.7 Å². The monoisotopic (exact) mass is 456 g/mol. The summed E-state index contributed by atoms with van der Waals surface area (Å²) < 4.78 is 35.2. The molecule has 1 aliphatic heterocycles. The zero-order valence-electron chi connectivity index (χ0n) is 18.7. The first-order valence-electron chi connectivity index (χ1n) is 10.8. The summed E-state index contributed by atoms with van der Waals surface area (Å²) in [5, 5.41) is 12.8. The molecule has 3 aromatic rings. The molecule has 33 heavy (non-hydrogen) atoms. The van der Waals surface area contributed by atoms with Crippen molar-refractivity contribution >= 4 is 22.8 Å². The van der Waals surface area contributed by atoms with Crippen molar-refractivity contribution in [3.63, 3.8) is 0 Å². The van der Waals surface area contributed by atoms with Gasteiger partial charge in [-0.2, -0.15) is 0 Å². The first-order chi connectivity index (χ1) is 15.7. The van der Waals surface area contributed by atoms with Crippen LogP contribution >= 0.6 is 0 Å². The number of amides is 1. The van der Waals surface area contributed by atoms with E-state index in [9.17, 15) is 23.5 Å². The normalized spacial score (nSPS) is 16.5. The van der Waals surface area contributed by atoms with Crippen molar-refractivity contribution in [1.82, 2.24) is 9.88 Å². The zero-order valence-corrected chi connectivity index (χ0v) is 18.7. The van der Waals surface area contributed by atoms with Crippen LogP contribution in [0.2, 0.25) is 0 Å². The van der Waals surface area contributed by atoms with Gasteiger partial charge in [-0.1, -0.05) is 24.3 Å². The number of hydrogen-bond acceptors (Lipinski definition) is 3. The highest BCUT2D eigenvalue weighted by molar-refractivity contribution is 5.99. The molecule has 0 saturated carbocycles. The number of nitrogens with one attached hydrogen (secondary N) is 1. The van der Waals surface area contributed by atoms with Crippen molar-refractivity contribution in [2.24, 2.45) is 7.05 Å². The average molecular weight is 456 g/mol. The molecule has 1 amide bonds. The number of nitrogens with zero attached hydrogens (tertiary/aromatic N) is 1. The molecule has 1 saturated heterocycles. The first kappa shape index (κ1) is 22.9. The van der Waals surface area contributed by atoms with Crippen LogP contribution in [0.3, 0.4) is 0 Å². The second kappa shape index (κ2) is 8.59. The van der Waals surface area contributed by atoms with E-state index < -0.39 is 28.9 Å². The Morgan fingerprint density at radius 3 is 2.36 bits per heavy atom. The van der Waals surface area contributed by atoms with Crippen molar-refractivity contribution in [2.75, 3.05) is 13.2 Å². The Kier molecular flexibility index (Phi) is 5.97. The van der Waals surface area contributed by atoms with E-state index in [1.165, 1.54) is 23.6 Å². The Morgan fingerprint density at radius 1 is 1.12 bits per heavy atom. The van der Waals surface area contributed by atoms with Gasteiger partial charge in [0.15, 0.2) is 11.6 Å². The molecule has 1 aliphatic rings. The number of halogens is 2. The van der Waals surface area contributed by atoms with Gasteiger partial charge in [-0.3, -0.25) is 9.59 Å². The lowest BCUT2D eigenvalue weighted by Gasteiger charge is -2.33. The van der Waals surface area contributed by atoms with Gasteiger partial charge < -0.3 is 19.7 Å². The molecule has 1 aromatic heterocycles.